The van der Waals surface area contributed by atoms with Gasteiger partial charge in [0, 0.05) is 26.3 Å². The molecule has 0 saturated carbocycles. The summed E-state index contributed by atoms with van der Waals surface area (Å²) in [4.78, 5) is 2.59. The van der Waals surface area contributed by atoms with E-state index in [0.29, 0.717) is 5.92 Å². The molecule has 1 atom stereocenters. The predicted octanol–water partition coefficient (Wildman–Crippen LogP) is 2.37. The average Bonchev–Trinajstić information content (AvgIpc) is 2.77. The van der Waals surface area contributed by atoms with Gasteiger partial charge in [0.05, 0.1) is 0 Å². The number of likely N-dealkylation sites (tertiary alicyclic amines) is 1. The first kappa shape index (κ1) is 15.9. The van der Waals surface area contributed by atoms with E-state index >= 15 is 0 Å². The Hall–Kier alpha value is -0.120. The molecule has 0 aromatic rings. The fraction of sp³-hybridized carbons (Fsp3) is 1.00. The molecule has 18 heavy (non-hydrogen) atoms. The zero-order valence-corrected chi connectivity index (χ0v) is 12.6. The molecule has 1 saturated heterocycles. The molecule has 108 valence electrons. The van der Waals surface area contributed by atoms with Crippen molar-refractivity contribution in [1.29, 1.82) is 0 Å². The molecule has 1 unspecified atom stereocenters. The molecule has 0 radical (unpaired) electrons. The summed E-state index contributed by atoms with van der Waals surface area (Å²) in [6.07, 6.45) is 3.79. The number of rotatable bonds is 10. The highest BCUT2D eigenvalue weighted by Gasteiger charge is 2.21. The molecule has 1 fully saturated rings. The van der Waals surface area contributed by atoms with Crippen LogP contribution in [0.5, 0.6) is 0 Å². The summed E-state index contributed by atoms with van der Waals surface area (Å²) in [5.41, 5.74) is 0. The molecule has 0 bridgehead atoms. The van der Waals surface area contributed by atoms with Crippen molar-refractivity contribution < 1.29 is 4.74 Å². The van der Waals surface area contributed by atoms with E-state index in [-0.39, 0.29) is 0 Å². The van der Waals surface area contributed by atoms with Crippen molar-refractivity contribution in [2.75, 3.05) is 45.9 Å². The van der Waals surface area contributed by atoms with E-state index in [1.165, 1.54) is 52.0 Å². The van der Waals surface area contributed by atoms with Gasteiger partial charge in [-0.1, -0.05) is 20.8 Å². The first-order chi connectivity index (χ1) is 8.72. The van der Waals surface area contributed by atoms with E-state index in [0.717, 1.165) is 19.1 Å². The Balaban J connectivity index is 1.94. The Labute approximate surface area is 113 Å². The van der Waals surface area contributed by atoms with Gasteiger partial charge in [0.1, 0.15) is 0 Å². The van der Waals surface area contributed by atoms with Crippen molar-refractivity contribution in [3.8, 4) is 0 Å². The summed E-state index contributed by atoms with van der Waals surface area (Å²) in [6, 6.07) is 0. The molecule has 1 aliphatic heterocycles. The zero-order chi connectivity index (χ0) is 13.2. The lowest BCUT2D eigenvalue weighted by Crippen LogP contribution is -2.27. The fourth-order valence-corrected chi connectivity index (χ4v) is 2.47. The summed E-state index contributed by atoms with van der Waals surface area (Å²) in [7, 11) is 0. The number of nitrogens with one attached hydrogen (secondary N) is 1. The van der Waals surface area contributed by atoms with Crippen LogP contribution in [-0.4, -0.2) is 50.8 Å². The third kappa shape index (κ3) is 7.34. The van der Waals surface area contributed by atoms with Crippen LogP contribution in [-0.2, 0) is 4.74 Å². The summed E-state index contributed by atoms with van der Waals surface area (Å²) < 4.78 is 5.62. The Morgan fingerprint density at radius 1 is 1.39 bits per heavy atom. The van der Waals surface area contributed by atoms with Gasteiger partial charge in [-0.15, -0.1) is 0 Å². The van der Waals surface area contributed by atoms with Gasteiger partial charge in [-0.2, -0.15) is 0 Å². The molecule has 0 spiro atoms. The third-order valence-electron chi connectivity index (χ3n) is 3.44. The van der Waals surface area contributed by atoms with Crippen molar-refractivity contribution in [1.82, 2.24) is 10.2 Å². The maximum absolute atomic E-state index is 5.62. The number of nitrogens with zero attached hydrogens (tertiary/aromatic N) is 1. The monoisotopic (exact) mass is 256 g/mol. The molecule has 1 heterocycles. The Morgan fingerprint density at radius 2 is 2.22 bits per heavy atom. The molecule has 1 aliphatic rings. The maximum atomic E-state index is 5.62. The molecule has 0 aromatic heterocycles. The van der Waals surface area contributed by atoms with Crippen LogP contribution in [0.2, 0.25) is 0 Å². The highest BCUT2D eigenvalue weighted by atomic mass is 16.5. The third-order valence-corrected chi connectivity index (χ3v) is 3.44. The number of ether oxygens (including phenoxy) is 1. The van der Waals surface area contributed by atoms with Crippen molar-refractivity contribution in [2.24, 2.45) is 11.8 Å². The highest BCUT2D eigenvalue weighted by Crippen LogP contribution is 2.15. The van der Waals surface area contributed by atoms with Crippen molar-refractivity contribution >= 4 is 0 Å². The predicted molar refractivity (Wildman–Crippen MR) is 78.0 cm³/mol. The van der Waals surface area contributed by atoms with Crippen LogP contribution in [0.1, 0.15) is 40.0 Å². The normalized spacial score (nSPS) is 21.0. The summed E-state index contributed by atoms with van der Waals surface area (Å²) >= 11 is 0. The van der Waals surface area contributed by atoms with Crippen LogP contribution in [0.15, 0.2) is 0 Å². The van der Waals surface area contributed by atoms with Gasteiger partial charge < -0.3 is 15.0 Å². The van der Waals surface area contributed by atoms with E-state index < -0.39 is 0 Å². The number of hydrogen-bond acceptors (Lipinski definition) is 3. The lowest BCUT2D eigenvalue weighted by Gasteiger charge is -2.16. The quantitative estimate of drug-likeness (QED) is 0.607. The largest absolute Gasteiger partial charge is 0.381 e. The minimum Gasteiger partial charge on any atom is -0.381 e. The smallest absolute Gasteiger partial charge is 0.0489 e. The van der Waals surface area contributed by atoms with Crippen molar-refractivity contribution in [3.05, 3.63) is 0 Å². The van der Waals surface area contributed by atoms with Gasteiger partial charge in [0.25, 0.3) is 0 Å². The first-order valence-electron chi connectivity index (χ1n) is 7.73. The van der Waals surface area contributed by atoms with Gasteiger partial charge in [0.2, 0.25) is 0 Å². The van der Waals surface area contributed by atoms with Crippen LogP contribution >= 0.6 is 0 Å². The summed E-state index contributed by atoms with van der Waals surface area (Å²) in [5.74, 6) is 1.53. The second-order valence-corrected chi connectivity index (χ2v) is 5.98. The standard InChI is InChI=1S/C15H32N2O/c1-4-7-16-11-15-6-9-17(12-15)8-5-10-18-13-14(2)3/h14-16H,4-13H2,1-3H3. The Morgan fingerprint density at radius 3 is 2.94 bits per heavy atom. The minimum absolute atomic E-state index is 0.658. The minimum atomic E-state index is 0.658. The second kappa shape index (κ2) is 9.76. The maximum Gasteiger partial charge on any atom is 0.0489 e. The van der Waals surface area contributed by atoms with Gasteiger partial charge in [-0.3, -0.25) is 0 Å². The highest BCUT2D eigenvalue weighted by molar-refractivity contribution is 4.76. The van der Waals surface area contributed by atoms with Crippen molar-refractivity contribution in [3.63, 3.8) is 0 Å². The van der Waals surface area contributed by atoms with Gasteiger partial charge in [-0.25, -0.2) is 0 Å². The van der Waals surface area contributed by atoms with Crippen LogP contribution in [0.25, 0.3) is 0 Å². The van der Waals surface area contributed by atoms with Crippen LogP contribution in [0.4, 0.5) is 0 Å². The van der Waals surface area contributed by atoms with E-state index in [2.05, 4.69) is 31.0 Å². The first-order valence-corrected chi connectivity index (χ1v) is 7.73. The zero-order valence-electron chi connectivity index (χ0n) is 12.6. The molecule has 1 rings (SSSR count). The summed E-state index contributed by atoms with van der Waals surface area (Å²) in [5, 5.41) is 3.54. The van der Waals surface area contributed by atoms with Crippen LogP contribution < -0.4 is 5.32 Å². The molecular formula is C15H32N2O. The van der Waals surface area contributed by atoms with E-state index in [4.69, 9.17) is 4.74 Å². The van der Waals surface area contributed by atoms with E-state index in [1.807, 2.05) is 0 Å². The molecule has 1 N–H and O–H groups in total. The van der Waals surface area contributed by atoms with Crippen LogP contribution in [0, 0.1) is 11.8 Å². The van der Waals surface area contributed by atoms with Crippen LogP contribution in [0.3, 0.4) is 0 Å². The average molecular weight is 256 g/mol. The molecule has 3 nitrogen and oxygen atoms in total. The van der Waals surface area contributed by atoms with Gasteiger partial charge in [-0.05, 0) is 50.7 Å². The molecule has 0 amide bonds. The Bertz CT molecular complexity index is 197. The number of hydrogen-bond donors (Lipinski definition) is 1. The van der Waals surface area contributed by atoms with E-state index in [1.54, 1.807) is 0 Å². The molecule has 0 aliphatic carbocycles. The van der Waals surface area contributed by atoms with E-state index in [9.17, 15) is 0 Å². The topological polar surface area (TPSA) is 24.5 Å². The Kier molecular flexibility index (Phi) is 8.64. The lowest BCUT2D eigenvalue weighted by atomic mass is 10.1. The molecule has 3 heteroatoms. The van der Waals surface area contributed by atoms with Gasteiger partial charge >= 0.3 is 0 Å². The lowest BCUT2D eigenvalue weighted by molar-refractivity contribution is 0.101. The molecule has 0 aromatic carbocycles. The van der Waals surface area contributed by atoms with Crippen molar-refractivity contribution in [2.45, 2.75) is 40.0 Å². The fourth-order valence-electron chi connectivity index (χ4n) is 2.47. The SMILES string of the molecule is CCCNCC1CCN(CCCOCC(C)C)C1. The second-order valence-electron chi connectivity index (χ2n) is 5.98. The van der Waals surface area contributed by atoms with Gasteiger partial charge in [0.15, 0.2) is 0 Å². The summed E-state index contributed by atoms with van der Waals surface area (Å²) in [6.45, 7) is 14.6. The molecular weight excluding hydrogens is 224 g/mol.